The van der Waals surface area contributed by atoms with Crippen LogP contribution >= 0.6 is 11.9 Å². The van der Waals surface area contributed by atoms with Gasteiger partial charge in [0.2, 0.25) is 5.91 Å². The van der Waals surface area contributed by atoms with Gasteiger partial charge in [-0.15, -0.1) is 0 Å². The molecule has 2 aliphatic rings. The number of carbonyl (C=O) groups excluding carboxylic acids is 1. The van der Waals surface area contributed by atoms with E-state index in [2.05, 4.69) is 9.29 Å². The number of alkyl halides is 3. The summed E-state index contributed by atoms with van der Waals surface area (Å²) in [4.78, 5) is 19.2. The molecule has 6 nitrogen and oxygen atoms in total. The molecule has 1 aromatic carbocycles. The van der Waals surface area contributed by atoms with E-state index in [-0.39, 0.29) is 30.0 Å². The Morgan fingerprint density at radius 2 is 1.76 bits per heavy atom. The quantitative estimate of drug-likeness (QED) is 0.449. The number of benzene rings is 1. The lowest BCUT2D eigenvalue weighted by Gasteiger charge is -2.36. The molecule has 34 heavy (non-hydrogen) atoms. The first-order valence-corrected chi connectivity index (χ1v) is 11.8. The molecule has 2 fully saturated rings. The molecule has 4 rings (SSSR count). The first-order valence-electron chi connectivity index (χ1n) is 10.6. The molecule has 1 unspecified atom stereocenters. The Hall–Kier alpha value is -2.60. The van der Waals surface area contributed by atoms with Crippen LogP contribution < -0.4 is 14.5 Å². The van der Waals surface area contributed by atoms with Crippen molar-refractivity contribution in [2.75, 3.05) is 55.9 Å². The van der Waals surface area contributed by atoms with E-state index in [1.54, 1.807) is 4.90 Å². The summed E-state index contributed by atoms with van der Waals surface area (Å²) < 4.78 is 78.9. The van der Waals surface area contributed by atoms with Crippen molar-refractivity contribution in [3.05, 3.63) is 47.2 Å². The molecule has 1 aromatic heterocycles. The fourth-order valence-electron chi connectivity index (χ4n) is 4.47. The van der Waals surface area contributed by atoms with Crippen molar-refractivity contribution in [1.82, 2.24) is 9.29 Å². The number of hydrogen-bond acceptors (Lipinski definition) is 6. The molecule has 12 heteroatoms. The van der Waals surface area contributed by atoms with Gasteiger partial charge in [-0.3, -0.25) is 9.69 Å². The van der Waals surface area contributed by atoms with Crippen LogP contribution in [0.15, 0.2) is 24.4 Å². The molecule has 2 saturated heterocycles. The molecule has 0 aliphatic carbocycles. The van der Waals surface area contributed by atoms with E-state index in [4.69, 9.17) is 4.74 Å². The molecule has 0 N–H and O–H groups in total. The second-order valence-corrected chi connectivity index (χ2v) is 8.92. The van der Waals surface area contributed by atoms with Gasteiger partial charge in [0, 0.05) is 69.0 Å². The standard InChI is InChI=1S/C22H23F5N4O2S/c1-33-14-10-15(23)19(16(24)11-14)13-9-18(32)31(12-13)21-20(22(25,26)27)17(3-4-28-21)29-5-7-30(34-2)8-6-29/h3-4,10-11,13H,5-9,12H2,1-2H3. The third-order valence-electron chi connectivity index (χ3n) is 6.11. The summed E-state index contributed by atoms with van der Waals surface area (Å²) >= 11 is 1.53. The number of amides is 1. The molecule has 0 bridgehead atoms. The lowest BCUT2D eigenvalue weighted by molar-refractivity contribution is -0.136. The van der Waals surface area contributed by atoms with Crippen LogP contribution in [0.3, 0.4) is 0 Å². The smallest absolute Gasteiger partial charge is 0.421 e. The van der Waals surface area contributed by atoms with Gasteiger partial charge in [-0.25, -0.2) is 18.1 Å². The molecule has 1 amide bonds. The van der Waals surface area contributed by atoms with E-state index in [9.17, 15) is 26.7 Å². The molecule has 1 atom stereocenters. The third-order valence-corrected chi connectivity index (χ3v) is 6.99. The maximum Gasteiger partial charge on any atom is 0.421 e. The van der Waals surface area contributed by atoms with Gasteiger partial charge in [0.1, 0.15) is 28.8 Å². The topological polar surface area (TPSA) is 48.9 Å². The predicted octanol–water partition coefficient (Wildman–Crippen LogP) is 4.31. The fraction of sp³-hybridized carbons (Fsp3) is 0.455. The van der Waals surface area contributed by atoms with Crippen molar-refractivity contribution >= 4 is 29.4 Å². The van der Waals surface area contributed by atoms with Crippen molar-refractivity contribution in [1.29, 1.82) is 0 Å². The summed E-state index contributed by atoms with van der Waals surface area (Å²) in [5.74, 6) is -4.05. The van der Waals surface area contributed by atoms with Crippen molar-refractivity contribution in [2.45, 2.75) is 18.5 Å². The van der Waals surface area contributed by atoms with Crippen LogP contribution in [0.4, 0.5) is 33.5 Å². The first-order chi connectivity index (χ1) is 16.1. The van der Waals surface area contributed by atoms with Gasteiger partial charge in [-0.1, -0.05) is 11.9 Å². The van der Waals surface area contributed by atoms with E-state index >= 15 is 0 Å². The molecule has 3 heterocycles. The highest BCUT2D eigenvalue weighted by Gasteiger charge is 2.44. The number of pyridine rings is 1. The van der Waals surface area contributed by atoms with Crippen LogP contribution in [0.5, 0.6) is 5.75 Å². The number of rotatable bonds is 5. The molecular weight excluding hydrogens is 479 g/mol. The average Bonchev–Trinajstić information content (AvgIpc) is 3.18. The summed E-state index contributed by atoms with van der Waals surface area (Å²) in [6.45, 7) is 1.60. The second-order valence-electron chi connectivity index (χ2n) is 8.04. The van der Waals surface area contributed by atoms with Crippen LogP contribution in [0.25, 0.3) is 0 Å². The summed E-state index contributed by atoms with van der Waals surface area (Å²) in [6.07, 6.45) is -1.98. The Morgan fingerprint density at radius 1 is 1.12 bits per heavy atom. The predicted molar refractivity (Wildman–Crippen MR) is 119 cm³/mol. The SMILES string of the molecule is COc1cc(F)c(C2CC(=O)N(c3nccc(N4CCN(SC)CC4)c3C(F)(F)F)C2)c(F)c1. The highest BCUT2D eigenvalue weighted by molar-refractivity contribution is 7.96. The molecular formula is C22H23F5N4O2S. The minimum absolute atomic E-state index is 0.0322. The van der Waals surface area contributed by atoms with E-state index in [1.807, 2.05) is 6.26 Å². The third kappa shape index (κ3) is 4.65. The van der Waals surface area contributed by atoms with Gasteiger partial charge in [0.25, 0.3) is 0 Å². The Kier molecular flexibility index (Phi) is 6.90. The molecule has 184 valence electrons. The van der Waals surface area contributed by atoms with Crippen LogP contribution in [-0.4, -0.2) is 61.3 Å². The van der Waals surface area contributed by atoms with Crippen molar-refractivity contribution in [2.24, 2.45) is 0 Å². The number of methoxy groups -OCH3 is 1. The van der Waals surface area contributed by atoms with Gasteiger partial charge >= 0.3 is 6.18 Å². The van der Waals surface area contributed by atoms with Gasteiger partial charge in [-0.2, -0.15) is 13.2 Å². The number of nitrogens with zero attached hydrogens (tertiary/aromatic N) is 4. The van der Waals surface area contributed by atoms with Crippen molar-refractivity contribution in [3.63, 3.8) is 0 Å². The second kappa shape index (κ2) is 9.57. The highest BCUT2D eigenvalue weighted by Crippen LogP contribution is 2.45. The zero-order chi connectivity index (χ0) is 24.6. The van der Waals surface area contributed by atoms with Gasteiger partial charge in [0.15, 0.2) is 0 Å². The maximum absolute atomic E-state index is 14.6. The number of hydrogen-bond donors (Lipinski definition) is 0. The highest BCUT2D eigenvalue weighted by atomic mass is 32.2. The van der Waals surface area contributed by atoms with Gasteiger partial charge < -0.3 is 9.64 Å². The number of piperazine rings is 1. The van der Waals surface area contributed by atoms with E-state index < -0.39 is 41.0 Å². The van der Waals surface area contributed by atoms with Crippen LogP contribution in [-0.2, 0) is 11.0 Å². The van der Waals surface area contributed by atoms with E-state index in [0.29, 0.717) is 26.2 Å². The summed E-state index contributed by atoms with van der Waals surface area (Å²) in [7, 11) is 1.26. The number of halogens is 5. The minimum Gasteiger partial charge on any atom is -0.497 e. The first kappa shape index (κ1) is 24.5. The van der Waals surface area contributed by atoms with Crippen LogP contribution in [0.2, 0.25) is 0 Å². The number of anilines is 2. The molecule has 2 aliphatic heterocycles. The fourth-order valence-corrected chi connectivity index (χ4v) is 5.00. The molecule has 0 spiro atoms. The zero-order valence-corrected chi connectivity index (χ0v) is 19.3. The van der Waals surface area contributed by atoms with E-state index in [0.717, 1.165) is 17.0 Å². The lowest BCUT2D eigenvalue weighted by atomic mass is 9.97. The van der Waals surface area contributed by atoms with Crippen LogP contribution in [0.1, 0.15) is 23.5 Å². The number of ether oxygens (including phenoxy) is 1. The van der Waals surface area contributed by atoms with Gasteiger partial charge in [-0.05, 0) is 12.3 Å². The summed E-state index contributed by atoms with van der Waals surface area (Å²) in [6, 6.07) is 3.27. The Balaban J connectivity index is 1.69. The molecule has 2 aromatic rings. The number of aromatic nitrogens is 1. The summed E-state index contributed by atoms with van der Waals surface area (Å²) in [5, 5.41) is 0. The lowest BCUT2D eigenvalue weighted by Crippen LogP contribution is -2.44. The van der Waals surface area contributed by atoms with Crippen molar-refractivity contribution in [3.8, 4) is 5.75 Å². The van der Waals surface area contributed by atoms with Crippen molar-refractivity contribution < 1.29 is 31.5 Å². The monoisotopic (exact) mass is 502 g/mol. The number of carbonyl (C=O) groups is 1. The minimum atomic E-state index is -4.79. The Labute approximate surface area is 197 Å². The normalized spacial score (nSPS) is 19.7. The summed E-state index contributed by atoms with van der Waals surface area (Å²) in [5.41, 5.74) is -1.43. The van der Waals surface area contributed by atoms with E-state index in [1.165, 1.54) is 31.3 Å². The largest absolute Gasteiger partial charge is 0.497 e. The van der Waals surface area contributed by atoms with Gasteiger partial charge in [0.05, 0.1) is 12.8 Å². The zero-order valence-electron chi connectivity index (χ0n) is 18.5. The average molecular weight is 503 g/mol. The Bertz CT molecular complexity index is 1050. The molecule has 0 radical (unpaired) electrons. The Morgan fingerprint density at radius 3 is 2.32 bits per heavy atom. The molecule has 0 saturated carbocycles. The maximum atomic E-state index is 14.6. The van der Waals surface area contributed by atoms with Crippen LogP contribution in [0, 0.1) is 11.6 Å².